The third-order valence-corrected chi connectivity index (χ3v) is 7.98. The van der Waals surface area contributed by atoms with Crippen LogP contribution in [0.1, 0.15) is 26.7 Å². The Bertz CT molecular complexity index is 759. The van der Waals surface area contributed by atoms with Crippen LogP contribution in [0.2, 0.25) is 0 Å². The topological polar surface area (TPSA) is 120 Å². The second-order valence-corrected chi connectivity index (χ2v) is 9.67. The van der Waals surface area contributed by atoms with Crippen LogP contribution in [0.3, 0.4) is 0 Å². The van der Waals surface area contributed by atoms with Gasteiger partial charge in [0.2, 0.25) is 17.7 Å². The number of hydrogen-bond acceptors (Lipinski definition) is 7. The number of nitrogens with one attached hydrogen (secondary N) is 2. The highest BCUT2D eigenvalue weighted by molar-refractivity contribution is 5.99. The summed E-state index contributed by atoms with van der Waals surface area (Å²) in [4.78, 5) is 43.7. The molecule has 180 valence electrons. The van der Waals surface area contributed by atoms with Crippen molar-refractivity contribution in [1.29, 1.82) is 0 Å². The van der Waals surface area contributed by atoms with Crippen molar-refractivity contribution in [3.05, 3.63) is 0 Å². The summed E-state index contributed by atoms with van der Waals surface area (Å²) in [7, 11) is 1.56. The molecule has 0 aliphatic carbocycles. The van der Waals surface area contributed by atoms with Gasteiger partial charge in [-0.3, -0.25) is 19.3 Å². The Balaban J connectivity index is 1.58. The summed E-state index contributed by atoms with van der Waals surface area (Å²) in [6.45, 7) is 8.30. The molecule has 1 spiro atoms. The molecule has 0 aromatic heterocycles. The molecule has 10 heteroatoms. The molecule has 6 atom stereocenters. The third kappa shape index (κ3) is 3.52. The van der Waals surface area contributed by atoms with Gasteiger partial charge < -0.3 is 30.1 Å². The lowest BCUT2D eigenvalue weighted by Gasteiger charge is -2.36. The van der Waals surface area contributed by atoms with Crippen molar-refractivity contribution in [3.63, 3.8) is 0 Å². The number of nitrogens with zero attached hydrogens (tertiary/aromatic N) is 2. The number of likely N-dealkylation sites (tertiary alicyclic amines) is 1. The fourth-order valence-corrected chi connectivity index (χ4v) is 6.33. The van der Waals surface area contributed by atoms with Crippen molar-refractivity contribution in [2.75, 3.05) is 59.6 Å². The molecule has 0 aromatic rings. The lowest BCUT2D eigenvalue weighted by Crippen LogP contribution is -2.56. The molecule has 0 aromatic carbocycles. The molecular formula is C22H36N4O6. The first kappa shape index (κ1) is 23.4. The van der Waals surface area contributed by atoms with Crippen molar-refractivity contribution in [2.24, 2.45) is 17.8 Å². The molecule has 32 heavy (non-hydrogen) atoms. The Kier molecular flexibility index (Phi) is 6.50. The smallest absolute Gasteiger partial charge is 0.245 e. The minimum Gasteiger partial charge on any atom is -0.396 e. The summed E-state index contributed by atoms with van der Waals surface area (Å²) in [6, 6.07) is -0.810. The van der Waals surface area contributed by atoms with Crippen molar-refractivity contribution < 1.29 is 29.0 Å². The van der Waals surface area contributed by atoms with Crippen LogP contribution >= 0.6 is 0 Å². The Hall–Kier alpha value is -1.75. The zero-order valence-corrected chi connectivity index (χ0v) is 19.3. The van der Waals surface area contributed by atoms with E-state index in [2.05, 4.69) is 15.5 Å². The highest BCUT2D eigenvalue weighted by Crippen LogP contribution is 2.65. The molecule has 2 bridgehead atoms. The van der Waals surface area contributed by atoms with E-state index in [-0.39, 0.29) is 36.8 Å². The van der Waals surface area contributed by atoms with Crippen LogP contribution < -0.4 is 10.6 Å². The van der Waals surface area contributed by atoms with Gasteiger partial charge in [0, 0.05) is 46.4 Å². The highest BCUT2D eigenvalue weighted by atomic mass is 16.5. The molecule has 4 aliphatic rings. The average molecular weight is 453 g/mol. The number of amides is 3. The molecule has 3 amide bonds. The Morgan fingerprint density at radius 1 is 1.22 bits per heavy atom. The summed E-state index contributed by atoms with van der Waals surface area (Å²) in [5.41, 5.74) is -1.82. The molecule has 4 fully saturated rings. The minimum absolute atomic E-state index is 0.0234. The number of aliphatic hydroxyl groups is 1. The van der Waals surface area contributed by atoms with Gasteiger partial charge in [-0.05, 0) is 25.7 Å². The molecule has 4 heterocycles. The Labute approximate surface area is 189 Å². The first-order valence-corrected chi connectivity index (χ1v) is 11.7. The first-order chi connectivity index (χ1) is 15.3. The van der Waals surface area contributed by atoms with Crippen LogP contribution in [0.25, 0.3) is 0 Å². The Morgan fingerprint density at radius 3 is 2.59 bits per heavy atom. The molecule has 3 unspecified atom stereocenters. The quantitative estimate of drug-likeness (QED) is 0.413. The van der Waals surface area contributed by atoms with E-state index in [1.54, 1.807) is 11.9 Å². The second kappa shape index (κ2) is 8.89. The van der Waals surface area contributed by atoms with Crippen LogP contribution in [0.15, 0.2) is 0 Å². The van der Waals surface area contributed by atoms with Crippen LogP contribution in [0, 0.1) is 17.8 Å². The SMILES string of the molecule is CNC(=O)[C@@H]1[C@H]2C(=O)N(CCCO)C(C(=O)NCCN3CCOCC3)C23CC(C)[C@@]1(C)O3. The predicted octanol–water partition coefficient (Wildman–Crippen LogP) is -1.43. The van der Waals surface area contributed by atoms with Crippen molar-refractivity contribution >= 4 is 17.7 Å². The van der Waals surface area contributed by atoms with Gasteiger partial charge in [-0.15, -0.1) is 0 Å². The van der Waals surface area contributed by atoms with E-state index in [1.165, 1.54) is 0 Å². The van der Waals surface area contributed by atoms with Crippen molar-refractivity contribution in [1.82, 2.24) is 20.4 Å². The van der Waals surface area contributed by atoms with Crippen LogP contribution in [-0.4, -0.2) is 109 Å². The van der Waals surface area contributed by atoms with E-state index in [0.717, 1.165) is 13.1 Å². The predicted molar refractivity (Wildman–Crippen MR) is 115 cm³/mol. The highest BCUT2D eigenvalue weighted by Gasteiger charge is 2.79. The van der Waals surface area contributed by atoms with E-state index in [4.69, 9.17) is 9.47 Å². The molecule has 4 saturated heterocycles. The van der Waals surface area contributed by atoms with Gasteiger partial charge in [-0.2, -0.15) is 0 Å². The molecule has 4 rings (SSSR count). The number of carbonyl (C=O) groups is 3. The number of aliphatic hydroxyl groups excluding tert-OH is 1. The van der Waals surface area contributed by atoms with E-state index in [0.29, 0.717) is 39.1 Å². The van der Waals surface area contributed by atoms with E-state index < -0.39 is 29.1 Å². The number of carbonyl (C=O) groups excluding carboxylic acids is 3. The normalized spacial score (nSPS) is 38.8. The fraction of sp³-hybridized carbons (Fsp3) is 0.864. The standard InChI is InChI=1S/C22H36N4O6/c1-14-13-22-16(15(18(28)23-3)21(14,2)32-22)20(30)26(6-4-10-27)17(22)19(29)24-5-7-25-8-11-31-12-9-25/h14-17,27H,4-13H2,1-3H3,(H,23,28)(H,24,29)/t14?,15-,16-,17?,21+,22?/m0/s1. The van der Waals surface area contributed by atoms with Crippen LogP contribution in [0.4, 0.5) is 0 Å². The second-order valence-electron chi connectivity index (χ2n) is 9.67. The summed E-state index contributed by atoms with van der Waals surface area (Å²) in [5.74, 6) is -2.02. The maximum Gasteiger partial charge on any atom is 0.245 e. The van der Waals surface area contributed by atoms with E-state index in [9.17, 15) is 19.5 Å². The molecular weight excluding hydrogens is 416 g/mol. The summed E-state index contributed by atoms with van der Waals surface area (Å²) >= 11 is 0. The molecule has 10 nitrogen and oxygen atoms in total. The van der Waals surface area contributed by atoms with E-state index in [1.807, 2.05) is 13.8 Å². The number of morpholine rings is 1. The fourth-order valence-electron chi connectivity index (χ4n) is 6.33. The van der Waals surface area contributed by atoms with Crippen molar-refractivity contribution in [2.45, 2.75) is 43.9 Å². The minimum atomic E-state index is -1.03. The monoisotopic (exact) mass is 452 g/mol. The summed E-state index contributed by atoms with van der Waals surface area (Å²) in [6.07, 6.45) is 0.911. The first-order valence-electron chi connectivity index (χ1n) is 11.7. The Morgan fingerprint density at radius 2 is 1.94 bits per heavy atom. The largest absolute Gasteiger partial charge is 0.396 e. The van der Waals surface area contributed by atoms with Gasteiger partial charge >= 0.3 is 0 Å². The summed E-state index contributed by atoms with van der Waals surface area (Å²) < 4.78 is 11.9. The van der Waals surface area contributed by atoms with Gasteiger partial charge in [0.25, 0.3) is 0 Å². The van der Waals surface area contributed by atoms with Crippen LogP contribution in [0.5, 0.6) is 0 Å². The maximum atomic E-state index is 13.6. The molecule has 0 saturated carbocycles. The van der Waals surface area contributed by atoms with Gasteiger partial charge in [0.15, 0.2) is 0 Å². The van der Waals surface area contributed by atoms with Crippen LogP contribution in [-0.2, 0) is 23.9 Å². The number of rotatable bonds is 8. The van der Waals surface area contributed by atoms with Gasteiger partial charge in [-0.1, -0.05) is 6.92 Å². The van der Waals surface area contributed by atoms with Gasteiger partial charge in [0.05, 0.1) is 30.7 Å². The molecule has 0 radical (unpaired) electrons. The molecule has 4 aliphatic heterocycles. The lowest BCUT2D eigenvalue weighted by atomic mass is 9.62. The molecule has 3 N–H and O–H groups in total. The maximum absolute atomic E-state index is 13.6. The van der Waals surface area contributed by atoms with Gasteiger partial charge in [-0.25, -0.2) is 0 Å². The lowest BCUT2D eigenvalue weighted by molar-refractivity contribution is -0.147. The van der Waals surface area contributed by atoms with Crippen molar-refractivity contribution in [3.8, 4) is 0 Å². The number of ether oxygens (including phenoxy) is 2. The number of hydrogen-bond donors (Lipinski definition) is 3. The zero-order valence-electron chi connectivity index (χ0n) is 19.3. The summed E-state index contributed by atoms with van der Waals surface area (Å²) in [5, 5.41) is 15.1. The van der Waals surface area contributed by atoms with E-state index >= 15 is 0 Å². The number of fused-ring (bicyclic) bond motifs is 1. The third-order valence-electron chi connectivity index (χ3n) is 7.98. The average Bonchev–Trinajstić information content (AvgIpc) is 3.29. The zero-order chi connectivity index (χ0) is 23.1. The van der Waals surface area contributed by atoms with Gasteiger partial charge in [0.1, 0.15) is 11.6 Å².